The first kappa shape index (κ1) is 7.87. The lowest BCUT2D eigenvalue weighted by molar-refractivity contribution is 0.389. The van der Waals surface area contributed by atoms with Gasteiger partial charge in [-0.2, -0.15) is 0 Å². The van der Waals surface area contributed by atoms with Gasteiger partial charge in [-0.15, -0.1) is 0 Å². The van der Waals surface area contributed by atoms with Crippen LogP contribution < -0.4 is 5.32 Å². The van der Waals surface area contributed by atoms with Gasteiger partial charge < -0.3 is 9.73 Å². The third kappa shape index (κ3) is 1.53. The van der Waals surface area contributed by atoms with E-state index in [2.05, 4.69) is 18.3 Å². The van der Waals surface area contributed by atoms with Crippen LogP contribution in [-0.2, 0) is 0 Å². The van der Waals surface area contributed by atoms with Gasteiger partial charge in [-0.3, -0.25) is 0 Å². The molecule has 12 heavy (non-hydrogen) atoms. The van der Waals surface area contributed by atoms with Gasteiger partial charge in [0.05, 0.1) is 12.3 Å². The van der Waals surface area contributed by atoms with Gasteiger partial charge in [-0.25, -0.2) is 0 Å². The standard InChI is InChI=1S/C10H15NO/c1-2-11-10(8-5-6-8)9-4-3-7-12-9/h3-4,7-8,10-11H,2,5-6H2,1H3. The SMILES string of the molecule is CCNC(c1ccco1)C1CC1. The van der Waals surface area contributed by atoms with Crippen molar-refractivity contribution in [3.05, 3.63) is 24.2 Å². The molecule has 1 aliphatic rings. The lowest BCUT2D eigenvalue weighted by atomic mass is 10.1. The second kappa shape index (κ2) is 3.31. The van der Waals surface area contributed by atoms with Crippen LogP contribution >= 0.6 is 0 Å². The molecule has 2 rings (SSSR count). The predicted octanol–water partition coefficient (Wildman–Crippen LogP) is 2.34. The zero-order chi connectivity index (χ0) is 8.39. The fraction of sp³-hybridized carbons (Fsp3) is 0.600. The molecule has 1 saturated carbocycles. The molecule has 1 aliphatic carbocycles. The maximum Gasteiger partial charge on any atom is 0.120 e. The van der Waals surface area contributed by atoms with Crippen molar-refractivity contribution in [2.45, 2.75) is 25.8 Å². The number of rotatable bonds is 4. The largest absolute Gasteiger partial charge is 0.468 e. The molecule has 0 amide bonds. The summed E-state index contributed by atoms with van der Waals surface area (Å²) in [5.74, 6) is 1.91. The van der Waals surface area contributed by atoms with Gasteiger partial charge in [0.2, 0.25) is 0 Å². The molecule has 1 aromatic rings. The lowest BCUT2D eigenvalue weighted by Gasteiger charge is -2.13. The first-order valence-electron chi connectivity index (χ1n) is 4.68. The van der Waals surface area contributed by atoms with E-state index in [0.717, 1.165) is 18.2 Å². The summed E-state index contributed by atoms with van der Waals surface area (Å²) in [5, 5.41) is 3.45. The van der Waals surface area contributed by atoms with E-state index in [4.69, 9.17) is 4.42 Å². The molecule has 0 radical (unpaired) electrons. The number of nitrogens with one attached hydrogen (secondary N) is 1. The molecule has 0 aliphatic heterocycles. The quantitative estimate of drug-likeness (QED) is 0.740. The van der Waals surface area contributed by atoms with E-state index in [1.165, 1.54) is 12.8 Å². The normalized spacial score (nSPS) is 19.4. The average Bonchev–Trinajstić information content (AvgIpc) is 2.77. The Hall–Kier alpha value is -0.760. The molecule has 1 unspecified atom stereocenters. The molecular formula is C10H15NO. The van der Waals surface area contributed by atoms with Crippen LogP contribution in [0.5, 0.6) is 0 Å². The van der Waals surface area contributed by atoms with Crippen LogP contribution in [0.1, 0.15) is 31.6 Å². The summed E-state index contributed by atoms with van der Waals surface area (Å²) >= 11 is 0. The van der Waals surface area contributed by atoms with Gasteiger partial charge in [0.25, 0.3) is 0 Å². The third-order valence-corrected chi connectivity index (χ3v) is 2.37. The van der Waals surface area contributed by atoms with Crippen LogP contribution in [0.2, 0.25) is 0 Å². The van der Waals surface area contributed by atoms with E-state index >= 15 is 0 Å². The Morgan fingerprint density at radius 3 is 3.00 bits per heavy atom. The Bertz CT molecular complexity index is 226. The van der Waals surface area contributed by atoms with Gasteiger partial charge in [0, 0.05) is 0 Å². The topological polar surface area (TPSA) is 25.2 Å². The second-order valence-electron chi connectivity index (χ2n) is 3.39. The molecule has 1 aromatic heterocycles. The second-order valence-corrected chi connectivity index (χ2v) is 3.39. The van der Waals surface area contributed by atoms with E-state index in [1.807, 2.05) is 6.07 Å². The molecule has 0 aromatic carbocycles. The van der Waals surface area contributed by atoms with Gasteiger partial charge in [-0.05, 0) is 37.4 Å². The lowest BCUT2D eigenvalue weighted by Crippen LogP contribution is -2.21. The van der Waals surface area contributed by atoms with Gasteiger partial charge in [-0.1, -0.05) is 6.92 Å². The average molecular weight is 165 g/mol. The molecule has 1 N–H and O–H groups in total. The fourth-order valence-corrected chi connectivity index (χ4v) is 1.62. The molecule has 66 valence electrons. The minimum absolute atomic E-state index is 0.463. The number of furan rings is 1. The number of hydrogen-bond acceptors (Lipinski definition) is 2. The predicted molar refractivity (Wildman–Crippen MR) is 47.8 cm³/mol. The highest BCUT2D eigenvalue weighted by Gasteiger charge is 2.33. The van der Waals surface area contributed by atoms with Crippen LogP contribution in [0, 0.1) is 5.92 Å². The Morgan fingerprint density at radius 1 is 1.67 bits per heavy atom. The van der Waals surface area contributed by atoms with Crippen molar-refractivity contribution in [2.75, 3.05) is 6.54 Å². The molecule has 2 heteroatoms. The number of hydrogen-bond donors (Lipinski definition) is 1. The Labute approximate surface area is 73.0 Å². The maximum absolute atomic E-state index is 5.39. The van der Waals surface area contributed by atoms with Crippen molar-refractivity contribution in [3.8, 4) is 0 Å². The van der Waals surface area contributed by atoms with E-state index in [9.17, 15) is 0 Å². The van der Waals surface area contributed by atoms with Crippen molar-refractivity contribution in [2.24, 2.45) is 5.92 Å². The Kier molecular flexibility index (Phi) is 2.17. The molecule has 1 fully saturated rings. The van der Waals surface area contributed by atoms with Crippen LogP contribution in [0.3, 0.4) is 0 Å². The molecule has 1 heterocycles. The first-order chi connectivity index (χ1) is 5.92. The van der Waals surface area contributed by atoms with E-state index in [1.54, 1.807) is 6.26 Å². The highest BCUT2D eigenvalue weighted by Crippen LogP contribution is 2.40. The molecule has 0 bridgehead atoms. The van der Waals surface area contributed by atoms with E-state index in [-0.39, 0.29) is 0 Å². The zero-order valence-electron chi connectivity index (χ0n) is 7.42. The van der Waals surface area contributed by atoms with E-state index < -0.39 is 0 Å². The van der Waals surface area contributed by atoms with Gasteiger partial charge in [0.1, 0.15) is 5.76 Å². The summed E-state index contributed by atoms with van der Waals surface area (Å²) in [6.45, 7) is 3.15. The fourth-order valence-electron chi connectivity index (χ4n) is 1.62. The summed E-state index contributed by atoms with van der Waals surface area (Å²) in [5.41, 5.74) is 0. The Morgan fingerprint density at radius 2 is 2.50 bits per heavy atom. The summed E-state index contributed by atoms with van der Waals surface area (Å²) in [6, 6.07) is 4.48. The van der Waals surface area contributed by atoms with Gasteiger partial charge in [0.15, 0.2) is 0 Å². The highest BCUT2D eigenvalue weighted by molar-refractivity contribution is 5.08. The Balaban J connectivity index is 2.05. The van der Waals surface area contributed by atoms with Crippen LogP contribution in [0.25, 0.3) is 0 Å². The summed E-state index contributed by atoms with van der Waals surface area (Å²) < 4.78 is 5.39. The highest BCUT2D eigenvalue weighted by atomic mass is 16.3. The van der Waals surface area contributed by atoms with Crippen molar-refractivity contribution >= 4 is 0 Å². The zero-order valence-corrected chi connectivity index (χ0v) is 7.42. The third-order valence-electron chi connectivity index (χ3n) is 2.37. The molecule has 1 atom stereocenters. The molecular weight excluding hydrogens is 150 g/mol. The maximum atomic E-state index is 5.39. The van der Waals surface area contributed by atoms with Crippen LogP contribution in [0.4, 0.5) is 0 Å². The van der Waals surface area contributed by atoms with Crippen molar-refractivity contribution in [1.29, 1.82) is 0 Å². The molecule has 0 saturated heterocycles. The summed E-state index contributed by atoms with van der Waals surface area (Å²) in [6.07, 6.45) is 4.44. The molecule has 0 spiro atoms. The minimum atomic E-state index is 0.463. The summed E-state index contributed by atoms with van der Waals surface area (Å²) in [4.78, 5) is 0. The van der Waals surface area contributed by atoms with Gasteiger partial charge >= 0.3 is 0 Å². The van der Waals surface area contributed by atoms with Crippen LogP contribution in [-0.4, -0.2) is 6.54 Å². The van der Waals surface area contributed by atoms with Crippen molar-refractivity contribution < 1.29 is 4.42 Å². The summed E-state index contributed by atoms with van der Waals surface area (Å²) in [7, 11) is 0. The van der Waals surface area contributed by atoms with E-state index in [0.29, 0.717) is 6.04 Å². The smallest absolute Gasteiger partial charge is 0.120 e. The monoisotopic (exact) mass is 165 g/mol. The minimum Gasteiger partial charge on any atom is -0.468 e. The van der Waals surface area contributed by atoms with Crippen LogP contribution in [0.15, 0.2) is 22.8 Å². The van der Waals surface area contributed by atoms with Crippen molar-refractivity contribution in [1.82, 2.24) is 5.32 Å². The molecule has 2 nitrogen and oxygen atoms in total. The first-order valence-corrected chi connectivity index (χ1v) is 4.68. The van der Waals surface area contributed by atoms with Crippen molar-refractivity contribution in [3.63, 3.8) is 0 Å².